The summed E-state index contributed by atoms with van der Waals surface area (Å²) in [5, 5.41) is 7.10. The lowest BCUT2D eigenvalue weighted by Gasteiger charge is -2.11. The normalized spacial score (nSPS) is 17.2. The van der Waals surface area contributed by atoms with E-state index in [1.54, 1.807) is 0 Å². The molecule has 1 atom stereocenters. The number of carbonyl (C=O) groups is 1. The number of anilines is 1. The Morgan fingerprint density at radius 2 is 2.27 bits per heavy atom. The van der Waals surface area contributed by atoms with Gasteiger partial charge in [-0.05, 0) is 37.8 Å². The molecule has 3 nitrogen and oxygen atoms in total. The lowest BCUT2D eigenvalue weighted by molar-refractivity contribution is 0.0940. The molecule has 0 radical (unpaired) electrons. The Kier molecular flexibility index (Phi) is 2.95. The van der Waals surface area contributed by atoms with E-state index < -0.39 is 0 Å². The maximum absolute atomic E-state index is 11.8. The molecule has 0 bridgehead atoms. The van der Waals surface area contributed by atoms with E-state index in [0.29, 0.717) is 12.0 Å². The van der Waals surface area contributed by atoms with Gasteiger partial charge in [0.05, 0.1) is 9.88 Å². The molecule has 2 N–H and O–H groups in total. The molecule has 1 aromatic heterocycles. The van der Waals surface area contributed by atoms with Crippen molar-refractivity contribution in [2.75, 3.05) is 12.4 Å². The highest BCUT2D eigenvalue weighted by molar-refractivity contribution is 7.17. The van der Waals surface area contributed by atoms with Crippen molar-refractivity contribution in [3.05, 3.63) is 17.0 Å². The Morgan fingerprint density at radius 3 is 2.80 bits per heavy atom. The molecule has 82 valence electrons. The van der Waals surface area contributed by atoms with E-state index in [1.165, 1.54) is 24.2 Å². The summed E-state index contributed by atoms with van der Waals surface area (Å²) < 4.78 is 0. The van der Waals surface area contributed by atoms with Crippen LogP contribution in [0.15, 0.2) is 12.1 Å². The van der Waals surface area contributed by atoms with E-state index in [-0.39, 0.29) is 5.91 Å². The average Bonchev–Trinajstić information content (AvgIpc) is 2.96. The van der Waals surface area contributed by atoms with Gasteiger partial charge in [0.2, 0.25) is 0 Å². The molecule has 0 spiro atoms. The average molecular weight is 224 g/mol. The third-order valence-corrected chi connectivity index (χ3v) is 3.87. The molecule has 1 fully saturated rings. The van der Waals surface area contributed by atoms with Gasteiger partial charge >= 0.3 is 0 Å². The molecular weight excluding hydrogens is 208 g/mol. The zero-order valence-corrected chi connectivity index (χ0v) is 9.86. The fourth-order valence-electron chi connectivity index (χ4n) is 1.59. The predicted molar refractivity (Wildman–Crippen MR) is 63.5 cm³/mol. The zero-order chi connectivity index (χ0) is 10.8. The summed E-state index contributed by atoms with van der Waals surface area (Å²) in [5.74, 6) is 0.763. The van der Waals surface area contributed by atoms with Crippen LogP contribution in [0.5, 0.6) is 0 Å². The topological polar surface area (TPSA) is 41.1 Å². The number of hydrogen-bond acceptors (Lipinski definition) is 3. The molecule has 0 saturated heterocycles. The zero-order valence-electron chi connectivity index (χ0n) is 9.04. The standard InChI is InChI=1S/C11H16N2OS/c1-7(8-3-4-8)13-11(14)9-5-6-10(12-2)15-9/h5-8,12H,3-4H2,1-2H3,(H,13,14). The minimum Gasteiger partial charge on any atom is -0.380 e. The van der Waals surface area contributed by atoms with E-state index >= 15 is 0 Å². The second-order valence-corrected chi connectivity index (χ2v) is 5.10. The number of rotatable bonds is 4. The van der Waals surface area contributed by atoms with Gasteiger partial charge < -0.3 is 10.6 Å². The van der Waals surface area contributed by atoms with Crippen LogP contribution in [-0.4, -0.2) is 19.0 Å². The van der Waals surface area contributed by atoms with Crippen molar-refractivity contribution >= 4 is 22.2 Å². The molecule has 0 aromatic carbocycles. The molecule has 2 rings (SSSR count). The number of amides is 1. The predicted octanol–water partition coefficient (Wildman–Crippen LogP) is 2.32. The summed E-state index contributed by atoms with van der Waals surface area (Å²) in [6.07, 6.45) is 2.52. The summed E-state index contributed by atoms with van der Waals surface area (Å²) in [6.45, 7) is 2.09. The van der Waals surface area contributed by atoms with Gasteiger partial charge in [-0.15, -0.1) is 11.3 Å². The molecule has 1 amide bonds. The maximum atomic E-state index is 11.8. The van der Waals surface area contributed by atoms with Gasteiger partial charge in [-0.25, -0.2) is 0 Å². The molecule has 1 heterocycles. The largest absolute Gasteiger partial charge is 0.380 e. The summed E-state index contributed by atoms with van der Waals surface area (Å²) in [7, 11) is 1.86. The maximum Gasteiger partial charge on any atom is 0.261 e. The van der Waals surface area contributed by atoms with E-state index in [1.807, 2.05) is 19.2 Å². The molecule has 1 aliphatic rings. The van der Waals surface area contributed by atoms with Crippen molar-refractivity contribution in [1.29, 1.82) is 0 Å². The van der Waals surface area contributed by atoms with Crippen LogP contribution in [0.3, 0.4) is 0 Å². The van der Waals surface area contributed by atoms with Gasteiger partial charge in [0.15, 0.2) is 0 Å². The Hall–Kier alpha value is -1.03. The van der Waals surface area contributed by atoms with Crippen LogP contribution >= 0.6 is 11.3 Å². The number of nitrogens with one attached hydrogen (secondary N) is 2. The van der Waals surface area contributed by atoms with E-state index in [0.717, 1.165) is 9.88 Å². The number of thiophene rings is 1. The van der Waals surface area contributed by atoms with Crippen molar-refractivity contribution in [1.82, 2.24) is 5.32 Å². The van der Waals surface area contributed by atoms with Crippen LogP contribution in [0.4, 0.5) is 5.00 Å². The third kappa shape index (κ3) is 2.50. The van der Waals surface area contributed by atoms with Gasteiger partial charge in [-0.1, -0.05) is 0 Å². The third-order valence-electron chi connectivity index (χ3n) is 2.76. The SMILES string of the molecule is CNc1ccc(C(=O)NC(C)C2CC2)s1. The Balaban J connectivity index is 1.94. The summed E-state index contributed by atoms with van der Waals surface area (Å²) in [4.78, 5) is 12.6. The summed E-state index contributed by atoms with van der Waals surface area (Å²) >= 11 is 1.49. The molecule has 15 heavy (non-hydrogen) atoms. The minimum atomic E-state index is 0.0564. The molecule has 1 saturated carbocycles. The first-order valence-electron chi connectivity index (χ1n) is 5.29. The lowest BCUT2D eigenvalue weighted by Crippen LogP contribution is -2.33. The highest BCUT2D eigenvalue weighted by atomic mass is 32.1. The summed E-state index contributed by atoms with van der Waals surface area (Å²) in [5.41, 5.74) is 0. The van der Waals surface area contributed by atoms with Crippen LogP contribution < -0.4 is 10.6 Å². The first-order valence-corrected chi connectivity index (χ1v) is 6.11. The minimum absolute atomic E-state index is 0.0564. The van der Waals surface area contributed by atoms with Crippen LogP contribution in [0, 0.1) is 5.92 Å². The Morgan fingerprint density at radius 1 is 1.53 bits per heavy atom. The van der Waals surface area contributed by atoms with Crippen LogP contribution in [0.2, 0.25) is 0 Å². The first kappa shape index (κ1) is 10.5. The van der Waals surface area contributed by atoms with Crippen LogP contribution in [0.25, 0.3) is 0 Å². The van der Waals surface area contributed by atoms with Crippen LogP contribution in [0.1, 0.15) is 29.4 Å². The van der Waals surface area contributed by atoms with Crippen molar-refractivity contribution in [3.8, 4) is 0 Å². The second-order valence-electron chi connectivity index (χ2n) is 4.01. The molecular formula is C11H16N2OS. The molecule has 1 aromatic rings. The fraction of sp³-hybridized carbons (Fsp3) is 0.545. The van der Waals surface area contributed by atoms with Crippen molar-refractivity contribution in [2.45, 2.75) is 25.8 Å². The summed E-state index contributed by atoms with van der Waals surface area (Å²) in [6, 6.07) is 4.12. The number of carbonyl (C=O) groups excluding carboxylic acids is 1. The monoisotopic (exact) mass is 224 g/mol. The number of hydrogen-bond donors (Lipinski definition) is 2. The van der Waals surface area contributed by atoms with Gasteiger partial charge in [-0.3, -0.25) is 4.79 Å². The highest BCUT2D eigenvalue weighted by Crippen LogP contribution is 2.32. The Bertz CT molecular complexity index is 357. The van der Waals surface area contributed by atoms with Crippen molar-refractivity contribution in [3.63, 3.8) is 0 Å². The second kappa shape index (κ2) is 4.23. The van der Waals surface area contributed by atoms with Crippen molar-refractivity contribution in [2.24, 2.45) is 5.92 Å². The Labute approximate surface area is 93.9 Å². The molecule has 1 aliphatic carbocycles. The fourth-order valence-corrected chi connectivity index (χ4v) is 2.35. The van der Waals surface area contributed by atoms with Crippen molar-refractivity contribution < 1.29 is 4.79 Å². The molecule has 4 heteroatoms. The van der Waals surface area contributed by atoms with Crippen LogP contribution in [-0.2, 0) is 0 Å². The van der Waals surface area contributed by atoms with Gasteiger partial charge in [0.25, 0.3) is 5.91 Å². The van der Waals surface area contributed by atoms with Gasteiger partial charge in [-0.2, -0.15) is 0 Å². The smallest absolute Gasteiger partial charge is 0.261 e. The molecule has 0 aliphatic heterocycles. The van der Waals surface area contributed by atoms with Gasteiger partial charge in [0.1, 0.15) is 0 Å². The highest BCUT2D eigenvalue weighted by Gasteiger charge is 2.29. The van der Waals surface area contributed by atoms with Gasteiger partial charge in [0, 0.05) is 13.1 Å². The molecule has 1 unspecified atom stereocenters. The van der Waals surface area contributed by atoms with E-state index in [4.69, 9.17) is 0 Å². The quantitative estimate of drug-likeness (QED) is 0.824. The van der Waals surface area contributed by atoms with E-state index in [9.17, 15) is 4.79 Å². The lowest BCUT2D eigenvalue weighted by atomic mass is 10.2. The van der Waals surface area contributed by atoms with E-state index in [2.05, 4.69) is 17.6 Å². The first-order chi connectivity index (χ1) is 7.20.